The van der Waals surface area contributed by atoms with Crippen molar-refractivity contribution in [2.75, 3.05) is 19.8 Å². The molecule has 2 N–H and O–H groups in total. The molecule has 0 bridgehead atoms. The molecule has 0 aromatic heterocycles. The summed E-state index contributed by atoms with van der Waals surface area (Å²) in [5.74, 6) is 0.645. The van der Waals surface area contributed by atoms with Crippen molar-refractivity contribution >= 4 is 6.09 Å². The van der Waals surface area contributed by atoms with Gasteiger partial charge in [0.15, 0.2) is 0 Å². The van der Waals surface area contributed by atoms with Gasteiger partial charge in [0.05, 0.1) is 6.61 Å². The Bertz CT molecular complexity index is 145. The molecule has 0 aliphatic heterocycles. The smallest absolute Gasteiger partial charge is 0.407 e. The van der Waals surface area contributed by atoms with Gasteiger partial charge in [-0.1, -0.05) is 6.42 Å². The van der Waals surface area contributed by atoms with Crippen LogP contribution in [0.5, 0.6) is 0 Å². The summed E-state index contributed by atoms with van der Waals surface area (Å²) in [4.78, 5) is 10.8. The van der Waals surface area contributed by atoms with E-state index >= 15 is 0 Å². The number of ether oxygens (including phenoxy) is 1. The monoisotopic (exact) mass is 173 g/mol. The molecule has 70 valence electrons. The maximum absolute atomic E-state index is 10.8. The number of amides is 1. The molecule has 0 unspecified atom stereocenters. The minimum absolute atomic E-state index is 0.0799. The zero-order chi connectivity index (χ0) is 8.81. The molecule has 1 aliphatic carbocycles. The zero-order valence-corrected chi connectivity index (χ0v) is 7.08. The Morgan fingerprint density at radius 1 is 1.58 bits per heavy atom. The molecule has 1 fully saturated rings. The highest BCUT2D eigenvalue weighted by Gasteiger charge is 2.17. The summed E-state index contributed by atoms with van der Waals surface area (Å²) < 4.78 is 4.61. The van der Waals surface area contributed by atoms with Crippen LogP contribution in [0.2, 0.25) is 0 Å². The molecule has 0 spiro atoms. The predicted octanol–water partition coefficient (Wildman–Crippen LogP) is 0.505. The molecule has 0 radical (unpaired) electrons. The fourth-order valence-corrected chi connectivity index (χ4v) is 1.11. The lowest BCUT2D eigenvalue weighted by Crippen LogP contribution is -2.33. The van der Waals surface area contributed by atoms with Crippen LogP contribution >= 0.6 is 0 Å². The molecule has 4 nitrogen and oxygen atoms in total. The van der Waals surface area contributed by atoms with Gasteiger partial charge in [-0.3, -0.25) is 0 Å². The van der Waals surface area contributed by atoms with Gasteiger partial charge in [0.2, 0.25) is 0 Å². The van der Waals surface area contributed by atoms with Gasteiger partial charge in [0.1, 0.15) is 6.61 Å². The van der Waals surface area contributed by atoms with Gasteiger partial charge >= 0.3 is 6.09 Å². The van der Waals surface area contributed by atoms with E-state index in [1.54, 1.807) is 0 Å². The van der Waals surface area contributed by atoms with Crippen LogP contribution in [0.25, 0.3) is 0 Å². The molecule has 1 saturated carbocycles. The van der Waals surface area contributed by atoms with E-state index in [1.165, 1.54) is 19.3 Å². The van der Waals surface area contributed by atoms with Crippen molar-refractivity contribution < 1.29 is 14.6 Å². The Kier molecular flexibility index (Phi) is 3.87. The van der Waals surface area contributed by atoms with Gasteiger partial charge in [-0.2, -0.15) is 0 Å². The lowest BCUT2D eigenvalue weighted by Gasteiger charge is -2.24. The second-order valence-electron chi connectivity index (χ2n) is 3.04. The number of aliphatic hydroxyl groups excluding tert-OH is 1. The molecule has 0 saturated heterocycles. The lowest BCUT2D eigenvalue weighted by atomic mass is 9.85. The molecule has 0 heterocycles. The largest absolute Gasteiger partial charge is 0.447 e. The standard InChI is InChI=1S/C8H15NO3/c10-4-5-12-8(11)9-6-7-2-1-3-7/h7,10H,1-6H2,(H,9,11). The van der Waals surface area contributed by atoms with Crippen molar-refractivity contribution in [3.8, 4) is 0 Å². The Labute approximate surface area is 71.9 Å². The second-order valence-corrected chi connectivity index (χ2v) is 3.04. The van der Waals surface area contributed by atoms with E-state index in [9.17, 15) is 4.79 Å². The number of nitrogens with one attached hydrogen (secondary N) is 1. The summed E-state index contributed by atoms with van der Waals surface area (Å²) >= 11 is 0. The molecular weight excluding hydrogens is 158 g/mol. The molecule has 0 aromatic carbocycles. The highest BCUT2D eigenvalue weighted by Crippen LogP contribution is 2.24. The molecule has 1 rings (SSSR count). The van der Waals surface area contributed by atoms with Gasteiger partial charge in [-0.25, -0.2) is 4.79 Å². The lowest BCUT2D eigenvalue weighted by molar-refractivity contribution is 0.116. The normalized spacial score (nSPS) is 16.8. The topological polar surface area (TPSA) is 58.6 Å². The quantitative estimate of drug-likeness (QED) is 0.651. The molecule has 12 heavy (non-hydrogen) atoms. The third kappa shape index (κ3) is 3.09. The number of hydrogen-bond donors (Lipinski definition) is 2. The minimum atomic E-state index is -0.420. The highest BCUT2D eigenvalue weighted by molar-refractivity contribution is 5.67. The number of alkyl carbamates (subject to hydrolysis) is 1. The fraction of sp³-hybridized carbons (Fsp3) is 0.875. The maximum atomic E-state index is 10.8. The first-order valence-corrected chi connectivity index (χ1v) is 4.34. The Hall–Kier alpha value is -0.770. The molecule has 1 aliphatic rings. The number of rotatable bonds is 4. The average molecular weight is 173 g/mol. The Morgan fingerprint density at radius 3 is 2.83 bits per heavy atom. The van der Waals surface area contributed by atoms with Crippen molar-refractivity contribution in [2.45, 2.75) is 19.3 Å². The summed E-state index contributed by atoms with van der Waals surface area (Å²) in [6.07, 6.45) is 3.27. The summed E-state index contributed by atoms with van der Waals surface area (Å²) in [6.45, 7) is 0.678. The highest BCUT2D eigenvalue weighted by atomic mass is 16.6. The first-order valence-electron chi connectivity index (χ1n) is 4.34. The van der Waals surface area contributed by atoms with Crippen LogP contribution < -0.4 is 5.32 Å². The van der Waals surface area contributed by atoms with Crippen molar-refractivity contribution in [3.05, 3.63) is 0 Å². The summed E-state index contributed by atoms with van der Waals surface area (Å²) in [7, 11) is 0. The molecule has 0 aromatic rings. The summed E-state index contributed by atoms with van der Waals surface area (Å²) in [5.41, 5.74) is 0. The molecule has 0 atom stereocenters. The molecule has 1 amide bonds. The molecule has 4 heteroatoms. The van der Waals surface area contributed by atoms with Gasteiger partial charge in [-0.05, 0) is 18.8 Å². The van der Waals surface area contributed by atoms with Crippen molar-refractivity contribution in [2.24, 2.45) is 5.92 Å². The predicted molar refractivity (Wildman–Crippen MR) is 43.8 cm³/mol. The Balaban J connectivity index is 1.94. The zero-order valence-electron chi connectivity index (χ0n) is 7.08. The van der Waals surface area contributed by atoms with Crippen LogP contribution in [0.15, 0.2) is 0 Å². The summed E-state index contributed by atoms with van der Waals surface area (Å²) in [6, 6.07) is 0. The van der Waals surface area contributed by atoms with E-state index in [0.29, 0.717) is 12.5 Å². The van der Waals surface area contributed by atoms with Crippen molar-refractivity contribution in [1.82, 2.24) is 5.32 Å². The fourth-order valence-electron chi connectivity index (χ4n) is 1.11. The van der Waals surface area contributed by atoms with E-state index in [4.69, 9.17) is 5.11 Å². The SMILES string of the molecule is O=C(NCC1CCC1)OCCO. The Morgan fingerprint density at radius 2 is 2.33 bits per heavy atom. The van der Waals surface area contributed by atoms with E-state index in [-0.39, 0.29) is 13.2 Å². The minimum Gasteiger partial charge on any atom is -0.447 e. The summed E-state index contributed by atoms with van der Waals surface area (Å²) in [5, 5.41) is 11.0. The van der Waals surface area contributed by atoms with E-state index in [1.807, 2.05) is 0 Å². The van der Waals surface area contributed by atoms with Crippen LogP contribution in [0.3, 0.4) is 0 Å². The van der Waals surface area contributed by atoms with Gasteiger partial charge in [0, 0.05) is 6.54 Å². The average Bonchev–Trinajstić information content (AvgIpc) is 1.98. The van der Waals surface area contributed by atoms with Crippen LogP contribution in [0.1, 0.15) is 19.3 Å². The van der Waals surface area contributed by atoms with Crippen LogP contribution in [0, 0.1) is 5.92 Å². The van der Waals surface area contributed by atoms with Crippen molar-refractivity contribution in [3.63, 3.8) is 0 Å². The third-order valence-electron chi connectivity index (χ3n) is 2.08. The van der Waals surface area contributed by atoms with Gasteiger partial charge < -0.3 is 15.2 Å². The third-order valence-corrected chi connectivity index (χ3v) is 2.08. The van der Waals surface area contributed by atoms with E-state index in [0.717, 1.165) is 0 Å². The second kappa shape index (κ2) is 4.98. The van der Waals surface area contributed by atoms with E-state index in [2.05, 4.69) is 10.1 Å². The van der Waals surface area contributed by atoms with Gasteiger partial charge in [-0.15, -0.1) is 0 Å². The van der Waals surface area contributed by atoms with E-state index < -0.39 is 6.09 Å². The number of aliphatic hydroxyl groups is 1. The van der Waals surface area contributed by atoms with Gasteiger partial charge in [0.25, 0.3) is 0 Å². The first-order chi connectivity index (χ1) is 5.83. The van der Waals surface area contributed by atoms with Crippen molar-refractivity contribution in [1.29, 1.82) is 0 Å². The number of hydrogen-bond acceptors (Lipinski definition) is 3. The van der Waals surface area contributed by atoms with Crippen LogP contribution in [-0.2, 0) is 4.74 Å². The van der Waals surface area contributed by atoms with Crippen LogP contribution in [0.4, 0.5) is 4.79 Å². The molecular formula is C8H15NO3. The first kappa shape index (κ1) is 9.32. The van der Waals surface area contributed by atoms with Crippen LogP contribution in [-0.4, -0.2) is 31.0 Å². The number of carbonyl (C=O) groups excluding carboxylic acids is 1. The maximum Gasteiger partial charge on any atom is 0.407 e. The number of carbonyl (C=O) groups is 1.